The molecule has 0 fully saturated rings. The van der Waals surface area contributed by atoms with Crippen LogP contribution in [0.2, 0.25) is 0 Å². The third-order valence-corrected chi connectivity index (χ3v) is 5.43. The Bertz CT molecular complexity index is 891. The van der Waals surface area contributed by atoms with Gasteiger partial charge in [-0.15, -0.1) is 0 Å². The van der Waals surface area contributed by atoms with Gasteiger partial charge in [-0.05, 0) is 34.4 Å². The van der Waals surface area contributed by atoms with E-state index in [9.17, 15) is 9.59 Å². The zero-order valence-electron chi connectivity index (χ0n) is 15.1. The fraction of sp³-hybridized carbons (Fsp3) is 0.381. The van der Waals surface area contributed by atoms with Gasteiger partial charge in [0.15, 0.2) is 0 Å². The van der Waals surface area contributed by atoms with E-state index in [4.69, 9.17) is 4.74 Å². The van der Waals surface area contributed by atoms with E-state index in [2.05, 4.69) is 11.1 Å². The Morgan fingerprint density at radius 2 is 2.19 bits per heavy atom. The molecule has 1 amide bonds. The van der Waals surface area contributed by atoms with Gasteiger partial charge < -0.3 is 9.64 Å². The Morgan fingerprint density at radius 3 is 3.00 bits per heavy atom. The van der Waals surface area contributed by atoms with Crippen LogP contribution in [0.3, 0.4) is 0 Å². The average molecular weight is 350 g/mol. The van der Waals surface area contributed by atoms with Crippen molar-refractivity contribution in [3.8, 4) is 11.1 Å². The summed E-state index contributed by atoms with van der Waals surface area (Å²) in [6, 6.07) is 6.11. The molecule has 26 heavy (non-hydrogen) atoms. The van der Waals surface area contributed by atoms with Gasteiger partial charge in [0.1, 0.15) is 5.78 Å². The number of Topliss-reactive ketones (excluding diaryl/α,β-unsaturated/α-hetero) is 1. The lowest BCUT2D eigenvalue weighted by Gasteiger charge is -2.27. The molecule has 2 aliphatic heterocycles. The molecule has 4 rings (SSSR count). The molecule has 0 saturated heterocycles. The first-order valence-electron chi connectivity index (χ1n) is 9.04. The maximum absolute atomic E-state index is 11.9. The molecule has 2 aliphatic rings. The quantitative estimate of drug-likeness (QED) is 0.849. The number of carbonyl (C=O) groups excluding carboxylic acids is 2. The van der Waals surface area contributed by atoms with Crippen LogP contribution in [0.15, 0.2) is 30.6 Å². The van der Waals surface area contributed by atoms with Crippen LogP contribution in [0.1, 0.15) is 42.4 Å². The van der Waals surface area contributed by atoms with Crippen molar-refractivity contribution in [1.29, 1.82) is 0 Å². The van der Waals surface area contributed by atoms with Crippen molar-refractivity contribution in [3.05, 3.63) is 47.3 Å². The summed E-state index contributed by atoms with van der Waals surface area (Å²) in [5, 5.41) is 0. The summed E-state index contributed by atoms with van der Waals surface area (Å²) in [4.78, 5) is 30.0. The largest absolute Gasteiger partial charge is 0.376 e. The minimum Gasteiger partial charge on any atom is -0.376 e. The maximum atomic E-state index is 11.9. The average Bonchev–Trinajstić information content (AvgIpc) is 2.95. The Morgan fingerprint density at radius 1 is 1.35 bits per heavy atom. The molecule has 0 bridgehead atoms. The molecular weight excluding hydrogens is 328 g/mol. The highest BCUT2D eigenvalue weighted by Crippen LogP contribution is 2.37. The monoisotopic (exact) mass is 350 g/mol. The van der Waals surface area contributed by atoms with Crippen LogP contribution >= 0.6 is 0 Å². The fourth-order valence-corrected chi connectivity index (χ4v) is 3.88. The van der Waals surface area contributed by atoms with E-state index in [1.54, 1.807) is 4.90 Å². The molecule has 134 valence electrons. The second kappa shape index (κ2) is 6.65. The summed E-state index contributed by atoms with van der Waals surface area (Å²) in [7, 11) is 1.81. The van der Waals surface area contributed by atoms with Crippen LogP contribution in [0.4, 0.5) is 5.69 Å². The lowest BCUT2D eigenvalue weighted by molar-refractivity contribution is -0.119. The zero-order valence-corrected chi connectivity index (χ0v) is 15.1. The molecule has 0 saturated carbocycles. The van der Waals surface area contributed by atoms with E-state index in [0.717, 1.165) is 33.5 Å². The standard InChI is InChI=1S/C21H22N2O3/c1-3-16(24)7-15-11-26-12-19-17(9-22-10-18(15)19)13-4-5-20-14(6-13)8-21(25)23(20)2/h4-6,9-10,15H,3,7-8,11-12H2,1-2H3. The summed E-state index contributed by atoms with van der Waals surface area (Å²) >= 11 is 0. The third-order valence-electron chi connectivity index (χ3n) is 5.43. The molecule has 0 N–H and O–H groups in total. The Balaban J connectivity index is 1.73. The lowest BCUT2D eigenvalue weighted by atomic mass is 9.86. The smallest absolute Gasteiger partial charge is 0.231 e. The van der Waals surface area contributed by atoms with Gasteiger partial charge >= 0.3 is 0 Å². The van der Waals surface area contributed by atoms with Gasteiger partial charge in [0.05, 0.1) is 19.6 Å². The van der Waals surface area contributed by atoms with Gasteiger partial charge in [-0.25, -0.2) is 0 Å². The number of aromatic nitrogens is 1. The predicted molar refractivity (Wildman–Crippen MR) is 99.1 cm³/mol. The summed E-state index contributed by atoms with van der Waals surface area (Å²) < 4.78 is 5.80. The molecule has 1 aromatic carbocycles. The molecule has 2 aromatic rings. The fourth-order valence-electron chi connectivity index (χ4n) is 3.88. The summed E-state index contributed by atoms with van der Waals surface area (Å²) in [5.41, 5.74) is 6.31. The molecular formula is C21H22N2O3. The molecule has 1 atom stereocenters. The number of amides is 1. The van der Waals surface area contributed by atoms with Crippen molar-refractivity contribution in [1.82, 2.24) is 4.98 Å². The van der Waals surface area contributed by atoms with E-state index in [1.165, 1.54) is 0 Å². The van der Waals surface area contributed by atoms with E-state index in [1.807, 2.05) is 38.5 Å². The highest BCUT2D eigenvalue weighted by atomic mass is 16.5. The molecule has 5 heteroatoms. The number of rotatable bonds is 4. The SMILES string of the molecule is CCC(=O)CC1COCc2c(-c3ccc4c(c3)CC(=O)N4C)cncc21. The van der Waals surface area contributed by atoms with Crippen molar-refractivity contribution in [3.63, 3.8) is 0 Å². The van der Waals surface area contributed by atoms with Gasteiger partial charge in [-0.3, -0.25) is 14.6 Å². The van der Waals surface area contributed by atoms with Crippen LogP contribution in [0.5, 0.6) is 0 Å². The zero-order chi connectivity index (χ0) is 18.3. The highest BCUT2D eigenvalue weighted by molar-refractivity contribution is 6.01. The van der Waals surface area contributed by atoms with Crippen molar-refractivity contribution in [2.45, 2.75) is 38.7 Å². The van der Waals surface area contributed by atoms with Gasteiger partial charge in [-0.2, -0.15) is 0 Å². The minimum absolute atomic E-state index is 0.0702. The normalized spacial score (nSPS) is 18.6. The number of ketones is 1. The number of pyridine rings is 1. The number of likely N-dealkylation sites (N-methyl/N-ethyl adjacent to an activating group) is 1. The number of anilines is 1. The number of nitrogens with zero attached hydrogens (tertiary/aromatic N) is 2. The van der Waals surface area contributed by atoms with Crippen molar-refractivity contribution < 1.29 is 14.3 Å². The minimum atomic E-state index is 0.0702. The number of hydrogen-bond acceptors (Lipinski definition) is 4. The molecule has 3 heterocycles. The lowest BCUT2D eigenvalue weighted by Crippen LogP contribution is -2.20. The van der Waals surface area contributed by atoms with Gasteiger partial charge in [0, 0.05) is 49.5 Å². The molecule has 1 aromatic heterocycles. The first kappa shape index (κ1) is 16.9. The maximum Gasteiger partial charge on any atom is 0.231 e. The summed E-state index contributed by atoms with van der Waals surface area (Å²) in [5.74, 6) is 0.434. The van der Waals surface area contributed by atoms with Crippen LogP contribution < -0.4 is 4.90 Å². The molecule has 5 nitrogen and oxygen atoms in total. The summed E-state index contributed by atoms with van der Waals surface area (Å²) in [6.07, 6.45) is 5.21. The number of benzene rings is 1. The van der Waals surface area contributed by atoms with Crippen LogP contribution in [0.25, 0.3) is 11.1 Å². The van der Waals surface area contributed by atoms with E-state index in [-0.39, 0.29) is 17.6 Å². The summed E-state index contributed by atoms with van der Waals surface area (Å²) in [6.45, 7) is 2.98. The number of ether oxygens (including phenoxy) is 1. The third kappa shape index (κ3) is 2.82. The Hall–Kier alpha value is -2.53. The topological polar surface area (TPSA) is 59.5 Å². The van der Waals surface area contributed by atoms with Gasteiger partial charge in [0.2, 0.25) is 5.91 Å². The molecule has 0 radical (unpaired) electrons. The van der Waals surface area contributed by atoms with Gasteiger partial charge in [0.25, 0.3) is 0 Å². The molecule has 0 spiro atoms. The Labute approximate surface area is 153 Å². The highest BCUT2D eigenvalue weighted by Gasteiger charge is 2.27. The second-order valence-corrected chi connectivity index (χ2v) is 7.04. The van der Waals surface area contributed by atoms with Crippen molar-refractivity contribution in [2.24, 2.45) is 0 Å². The number of fused-ring (bicyclic) bond motifs is 2. The second-order valence-electron chi connectivity index (χ2n) is 7.04. The van der Waals surface area contributed by atoms with Crippen molar-refractivity contribution in [2.75, 3.05) is 18.6 Å². The molecule has 0 aliphatic carbocycles. The van der Waals surface area contributed by atoms with Crippen LogP contribution in [0, 0.1) is 0 Å². The first-order chi connectivity index (χ1) is 12.6. The first-order valence-corrected chi connectivity index (χ1v) is 9.04. The number of carbonyl (C=O) groups is 2. The number of hydrogen-bond donors (Lipinski definition) is 0. The Kier molecular flexibility index (Phi) is 4.32. The van der Waals surface area contributed by atoms with Crippen LogP contribution in [-0.2, 0) is 27.4 Å². The molecule has 1 unspecified atom stereocenters. The van der Waals surface area contributed by atoms with E-state index < -0.39 is 0 Å². The van der Waals surface area contributed by atoms with Gasteiger partial charge in [-0.1, -0.05) is 13.0 Å². The van der Waals surface area contributed by atoms with Crippen molar-refractivity contribution >= 4 is 17.4 Å². The van der Waals surface area contributed by atoms with E-state index >= 15 is 0 Å². The van der Waals surface area contributed by atoms with Crippen LogP contribution in [-0.4, -0.2) is 30.3 Å². The van der Waals surface area contributed by atoms with E-state index in [0.29, 0.717) is 32.5 Å². The predicted octanol–water partition coefficient (Wildman–Crippen LogP) is 3.25.